The molecular formula is C62H40N6. The van der Waals surface area contributed by atoms with Crippen molar-refractivity contribution >= 4 is 55.7 Å². The highest BCUT2D eigenvalue weighted by Gasteiger charge is 2.22. The van der Waals surface area contributed by atoms with Crippen LogP contribution in [0.25, 0.3) is 123 Å². The molecule has 0 fully saturated rings. The first kappa shape index (κ1) is 38.1. The van der Waals surface area contributed by atoms with E-state index in [1.165, 1.54) is 33.4 Å². The molecule has 68 heavy (non-hydrogen) atoms. The Morgan fingerprint density at radius 3 is 0.868 bits per heavy atom. The van der Waals surface area contributed by atoms with Crippen LogP contribution in [0.15, 0.2) is 243 Å². The lowest BCUT2D eigenvalue weighted by Crippen LogP contribution is -1.95. The lowest BCUT2D eigenvalue weighted by molar-refractivity contribution is 1.11. The van der Waals surface area contributed by atoms with Crippen LogP contribution in [0.2, 0.25) is 0 Å². The summed E-state index contributed by atoms with van der Waals surface area (Å²) in [7, 11) is 0. The molecule has 0 spiro atoms. The number of hydrogen-bond acceptors (Lipinski definition) is 2. The summed E-state index contributed by atoms with van der Waals surface area (Å²) in [5.74, 6) is 1.74. The first-order valence-electron chi connectivity index (χ1n) is 23.1. The SMILES string of the molecule is c1ccc(-c2ccc(-n3c4ccc(-c5ccc6c(c5)n5c7cc(-c8ccccc8)ccc7nc5n6-c5ccc(-c6ccccc6)cc5)cc4n4c5cc(-c6ccccc6)ccc5nc34)cc2)cc1. The monoisotopic (exact) mass is 868 g/mol. The summed E-state index contributed by atoms with van der Waals surface area (Å²) < 4.78 is 9.28. The van der Waals surface area contributed by atoms with Gasteiger partial charge in [-0.1, -0.05) is 170 Å². The average Bonchev–Trinajstić information content (AvgIpc) is 4.15. The Kier molecular flexibility index (Phi) is 8.48. The van der Waals surface area contributed by atoms with Gasteiger partial charge in [0, 0.05) is 11.4 Å². The van der Waals surface area contributed by atoms with E-state index in [-0.39, 0.29) is 0 Å². The number of imidazole rings is 4. The van der Waals surface area contributed by atoms with Crippen molar-refractivity contribution in [3.63, 3.8) is 0 Å². The highest BCUT2D eigenvalue weighted by atomic mass is 15.2. The minimum atomic E-state index is 0.872. The van der Waals surface area contributed by atoms with Crippen LogP contribution in [0.5, 0.6) is 0 Å². The summed E-state index contributed by atoms with van der Waals surface area (Å²) >= 11 is 0. The van der Waals surface area contributed by atoms with Crippen molar-refractivity contribution < 1.29 is 0 Å². The second-order valence-corrected chi connectivity index (χ2v) is 17.5. The molecule has 14 aromatic rings. The molecule has 0 bridgehead atoms. The molecular weight excluding hydrogens is 829 g/mol. The highest BCUT2D eigenvalue weighted by Crippen LogP contribution is 2.38. The van der Waals surface area contributed by atoms with Gasteiger partial charge in [0.15, 0.2) is 0 Å². The minimum absolute atomic E-state index is 0.872. The van der Waals surface area contributed by atoms with Crippen molar-refractivity contribution in [1.29, 1.82) is 0 Å². The Bertz CT molecular complexity index is 3920. The van der Waals surface area contributed by atoms with Gasteiger partial charge >= 0.3 is 0 Å². The highest BCUT2D eigenvalue weighted by molar-refractivity contribution is 5.98. The van der Waals surface area contributed by atoms with E-state index < -0.39 is 0 Å². The maximum atomic E-state index is 5.34. The van der Waals surface area contributed by atoms with Crippen molar-refractivity contribution in [3.8, 4) is 67.0 Å². The van der Waals surface area contributed by atoms with Crippen molar-refractivity contribution in [3.05, 3.63) is 243 Å². The van der Waals surface area contributed by atoms with Crippen LogP contribution in [0.3, 0.4) is 0 Å². The van der Waals surface area contributed by atoms with Gasteiger partial charge in [-0.15, -0.1) is 0 Å². The van der Waals surface area contributed by atoms with E-state index in [1.54, 1.807) is 0 Å². The fourth-order valence-corrected chi connectivity index (χ4v) is 10.3. The maximum Gasteiger partial charge on any atom is 0.220 e. The summed E-state index contributed by atoms with van der Waals surface area (Å²) in [5.41, 5.74) is 22.1. The largest absolute Gasteiger partial charge is 0.278 e. The van der Waals surface area contributed by atoms with Gasteiger partial charge < -0.3 is 0 Å². The third kappa shape index (κ3) is 6.05. The second kappa shape index (κ2) is 15.2. The number of nitrogens with zero attached hydrogens (tertiary/aromatic N) is 6. The Balaban J connectivity index is 0.979. The number of rotatable bonds is 7. The lowest BCUT2D eigenvalue weighted by Gasteiger charge is -2.09. The molecule has 0 saturated carbocycles. The maximum absolute atomic E-state index is 5.34. The van der Waals surface area contributed by atoms with Gasteiger partial charge in [-0.2, -0.15) is 0 Å². The van der Waals surface area contributed by atoms with E-state index in [0.29, 0.717) is 0 Å². The average molecular weight is 869 g/mol. The number of hydrogen-bond donors (Lipinski definition) is 0. The summed E-state index contributed by atoms with van der Waals surface area (Å²) in [5, 5.41) is 0. The lowest BCUT2D eigenvalue weighted by atomic mass is 10.0. The standard InChI is InChI=1S/C62H40N6/c1-5-13-41(14-6-1)45-21-29-51(30-22-45)65-55-35-27-49(39-59(55)67-57-37-47(43-17-9-3-10-18-43)25-33-53(57)63-61(65)67)50-28-36-56-60(40-50)68-58-38-48(44-19-11-4-12-20-44)26-34-54(58)64-62(68)66(56)52-31-23-46(24-32-52)42-15-7-2-8-16-42/h1-40H. The summed E-state index contributed by atoms with van der Waals surface area (Å²) in [4.78, 5) is 10.7. The smallest absolute Gasteiger partial charge is 0.220 e. The molecule has 318 valence electrons. The van der Waals surface area contributed by atoms with Gasteiger partial charge in [0.1, 0.15) is 0 Å². The predicted molar refractivity (Wildman–Crippen MR) is 280 cm³/mol. The zero-order valence-corrected chi connectivity index (χ0v) is 36.8. The third-order valence-electron chi connectivity index (χ3n) is 13.6. The van der Waals surface area contributed by atoms with Crippen molar-refractivity contribution in [2.45, 2.75) is 0 Å². The fraction of sp³-hybridized carbons (Fsp3) is 0. The van der Waals surface area contributed by atoms with Gasteiger partial charge in [0.05, 0.1) is 44.1 Å². The Labute approximate surface area is 391 Å². The Morgan fingerprint density at radius 1 is 0.221 bits per heavy atom. The van der Waals surface area contributed by atoms with Gasteiger partial charge in [-0.25, -0.2) is 9.97 Å². The quantitative estimate of drug-likeness (QED) is 0.160. The summed E-state index contributed by atoms with van der Waals surface area (Å²) in [6.07, 6.45) is 0. The van der Waals surface area contributed by atoms with E-state index in [9.17, 15) is 0 Å². The van der Waals surface area contributed by atoms with Gasteiger partial charge in [-0.3, -0.25) is 17.9 Å². The number of aromatic nitrogens is 6. The molecule has 0 aliphatic heterocycles. The van der Waals surface area contributed by atoms with E-state index in [4.69, 9.17) is 9.97 Å². The van der Waals surface area contributed by atoms with Crippen molar-refractivity contribution in [2.24, 2.45) is 0 Å². The zero-order chi connectivity index (χ0) is 44.7. The van der Waals surface area contributed by atoms with Gasteiger partial charge in [0.2, 0.25) is 11.6 Å². The minimum Gasteiger partial charge on any atom is -0.278 e. The van der Waals surface area contributed by atoms with Crippen LogP contribution in [0.1, 0.15) is 0 Å². The summed E-state index contributed by atoms with van der Waals surface area (Å²) in [6.45, 7) is 0. The number of benzene rings is 10. The molecule has 0 aliphatic rings. The predicted octanol–water partition coefficient (Wildman–Crippen LogP) is 15.5. The molecule has 0 atom stereocenters. The Hall–Kier alpha value is -9.26. The second-order valence-electron chi connectivity index (χ2n) is 17.5. The molecule has 0 saturated heterocycles. The zero-order valence-electron chi connectivity index (χ0n) is 36.8. The normalized spacial score (nSPS) is 11.8. The molecule has 4 aromatic heterocycles. The van der Waals surface area contributed by atoms with Crippen LogP contribution >= 0.6 is 0 Å². The summed E-state index contributed by atoms with van der Waals surface area (Å²) in [6, 6.07) is 86.9. The van der Waals surface area contributed by atoms with Crippen LogP contribution in [0.4, 0.5) is 0 Å². The molecule has 0 N–H and O–H groups in total. The number of fused-ring (bicyclic) bond motifs is 10. The van der Waals surface area contributed by atoms with Crippen molar-refractivity contribution in [1.82, 2.24) is 27.9 Å². The van der Waals surface area contributed by atoms with E-state index >= 15 is 0 Å². The molecule has 14 rings (SSSR count). The third-order valence-corrected chi connectivity index (χ3v) is 13.6. The molecule has 6 nitrogen and oxygen atoms in total. The Morgan fingerprint density at radius 2 is 0.500 bits per heavy atom. The van der Waals surface area contributed by atoms with E-state index in [0.717, 1.165) is 89.3 Å². The van der Waals surface area contributed by atoms with Crippen LogP contribution in [0, 0.1) is 0 Å². The van der Waals surface area contributed by atoms with Crippen LogP contribution in [-0.2, 0) is 0 Å². The first-order chi connectivity index (χ1) is 33.7. The van der Waals surface area contributed by atoms with E-state index in [1.807, 2.05) is 0 Å². The van der Waals surface area contributed by atoms with Crippen LogP contribution < -0.4 is 0 Å². The molecule has 6 heteroatoms. The van der Waals surface area contributed by atoms with Crippen LogP contribution in [-0.4, -0.2) is 27.9 Å². The molecule has 4 heterocycles. The molecule has 0 radical (unpaired) electrons. The molecule has 10 aromatic carbocycles. The van der Waals surface area contributed by atoms with E-state index in [2.05, 4.69) is 261 Å². The van der Waals surface area contributed by atoms with Gasteiger partial charge in [-0.05, 0) is 128 Å². The molecule has 0 amide bonds. The first-order valence-corrected chi connectivity index (χ1v) is 23.1. The van der Waals surface area contributed by atoms with Gasteiger partial charge in [0.25, 0.3) is 0 Å². The molecule has 0 aliphatic carbocycles. The molecule has 0 unspecified atom stereocenters. The topological polar surface area (TPSA) is 44.5 Å². The fourth-order valence-electron chi connectivity index (χ4n) is 10.3. The van der Waals surface area contributed by atoms with Crippen molar-refractivity contribution in [2.75, 3.05) is 0 Å².